The number of nitrogens with one attached hydrogen (secondary N) is 1. The van der Waals surface area contributed by atoms with Gasteiger partial charge in [0.05, 0.1) is 0 Å². The molecule has 4 aromatic rings. The molecule has 0 fully saturated rings. The van der Waals surface area contributed by atoms with Crippen LogP contribution in [0.4, 0.5) is 0 Å². The summed E-state index contributed by atoms with van der Waals surface area (Å²) in [6.45, 7) is 2.14. The van der Waals surface area contributed by atoms with Crippen LogP contribution in [0.1, 0.15) is 71.7 Å². The number of aromatic nitrogens is 8. The molecule has 164 valence electrons. The van der Waals surface area contributed by atoms with Crippen LogP contribution in [0, 0.1) is 0 Å². The number of H-pyrrole nitrogens is 1. The summed E-state index contributed by atoms with van der Waals surface area (Å²) in [6.07, 6.45) is 4.97. The molecule has 2 aromatic carbocycles. The van der Waals surface area contributed by atoms with Crippen LogP contribution >= 0.6 is 0 Å². The van der Waals surface area contributed by atoms with Crippen molar-refractivity contribution in [1.82, 2.24) is 40.8 Å². The lowest BCUT2D eigenvalue weighted by Crippen LogP contribution is -2.19. The van der Waals surface area contributed by atoms with Gasteiger partial charge in [0.1, 0.15) is 0 Å². The number of aromatic amines is 1. The van der Waals surface area contributed by atoms with E-state index in [9.17, 15) is 4.79 Å². The lowest BCUT2D eigenvalue weighted by atomic mass is 9.96. The van der Waals surface area contributed by atoms with E-state index in [1.54, 1.807) is 0 Å². The number of carbonyl (C=O) groups is 1. The summed E-state index contributed by atoms with van der Waals surface area (Å²) in [7, 11) is 0. The zero-order chi connectivity index (χ0) is 22.2. The van der Waals surface area contributed by atoms with Gasteiger partial charge in [0.2, 0.25) is 0 Å². The van der Waals surface area contributed by atoms with E-state index in [-0.39, 0.29) is 11.8 Å². The molecule has 2 aromatic heterocycles. The minimum absolute atomic E-state index is 0.209. The average Bonchev–Trinajstić information content (AvgIpc) is 3.52. The SMILES string of the molecule is CCCC(CCCc1nnnn1C(=O)c1ccccc1Cc1ccccc1)c1nn[nH]n1. The fourth-order valence-corrected chi connectivity index (χ4v) is 3.93. The molecule has 0 radical (unpaired) electrons. The molecule has 0 amide bonds. The van der Waals surface area contributed by atoms with E-state index in [0.717, 1.165) is 42.6 Å². The Morgan fingerprint density at radius 2 is 1.84 bits per heavy atom. The maximum Gasteiger partial charge on any atom is 0.281 e. The minimum atomic E-state index is -0.209. The number of hydrogen-bond donors (Lipinski definition) is 1. The van der Waals surface area contributed by atoms with Crippen molar-refractivity contribution in [2.45, 2.75) is 51.4 Å². The molecule has 0 aliphatic rings. The van der Waals surface area contributed by atoms with Crippen LogP contribution in [-0.2, 0) is 12.8 Å². The Kier molecular flexibility index (Phi) is 7.06. The van der Waals surface area contributed by atoms with Crippen LogP contribution in [0.5, 0.6) is 0 Å². The third-order valence-electron chi connectivity index (χ3n) is 5.53. The Bertz CT molecular complexity index is 1120. The number of carbonyl (C=O) groups excluding carboxylic acids is 1. The quantitative estimate of drug-likeness (QED) is 0.384. The van der Waals surface area contributed by atoms with Gasteiger partial charge in [-0.05, 0) is 53.3 Å². The summed E-state index contributed by atoms with van der Waals surface area (Å²) >= 11 is 0. The Hall–Kier alpha value is -3.75. The molecule has 0 aliphatic carbocycles. The van der Waals surface area contributed by atoms with Crippen molar-refractivity contribution in [3.63, 3.8) is 0 Å². The predicted molar refractivity (Wildman–Crippen MR) is 118 cm³/mol. The first-order valence-corrected chi connectivity index (χ1v) is 10.9. The van der Waals surface area contributed by atoms with Crippen molar-refractivity contribution in [2.75, 3.05) is 0 Å². The molecule has 1 unspecified atom stereocenters. The van der Waals surface area contributed by atoms with Gasteiger partial charge in [0.15, 0.2) is 11.6 Å². The molecule has 2 heterocycles. The summed E-state index contributed by atoms with van der Waals surface area (Å²) in [5.41, 5.74) is 2.71. The van der Waals surface area contributed by atoms with Gasteiger partial charge in [-0.15, -0.1) is 15.3 Å². The zero-order valence-electron chi connectivity index (χ0n) is 18.1. The summed E-state index contributed by atoms with van der Waals surface area (Å²) < 4.78 is 1.33. The van der Waals surface area contributed by atoms with Gasteiger partial charge in [-0.2, -0.15) is 9.90 Å². The highest BCUT2D eigenvalue weighted by atomic mass is 16.2. The van der Waals surface area contributed by atoms with E-state index in [0.29, 0.717) is 24.2 Å². The molecule has 0 aliphatic heterocycles. The number of nitrogens with zero attached hydrogens (tertiary/aromatic N) is 7. The molecular weight excluding hydrogens is 404 g/mol. The standard InChI is InChI=1S/C23H26N8O/c1-2-9-18(22-25-27-28-26-22)13-8-15-21-24-29-30-31(21)23(32)20-14-7-6-12-19(20)16-17-10-4-3-5-11-17/h3-7,10-12,14,18H,2,8-9,13,15-16H2,1H3,(H,25,26,27,28). The van der Waals surface area contributed by atoms with Crippen LogP contribution in [0.25, 0.3) is 0 Å². The Morgan fingerprint density at radius 1 is 1.03 bits per heavy atom. The van der Waals surface area contributed by atoms with Crippen molar-refractivity contribution in [3.05, 3.63) is 82.9 Å². The Balaban J connectivity index is 1.46. The fourth-order valence-electron chi connectivity index (χ4n) is 3.93. The molecule has 4 rings (SSSR count). The van der Waals surface area contributed by atoms with E-state index in [1.165, 1.54) is 4.68 Å². The number of tetrazole rings is 2. The zero-order valence-corrected chi connectivity index (χ0v) is 18.1. The van der Waals surface area contributed by atoms with Crippen LogP contribution < -0.4 is 0 Å². The molecule has 0 saturated carbocycles. The molecular formula is C23H26N8O. The van der Waals surface area contributed by atoms with Gasteiger partial charge in [0.25, 0.3) is 5.91 Å². The maximum absolute atomic E-state index is 13.3. The first kappa shape index (κ1) is 21.5. The number of aryl methyl sites for hydroxylation is 1. The largest absolute Gasteiger partial charge is 0.281 e. The highest BCUT2D eigenvalue weighted by molar-refractivity contribution is 5.97. The molecule has 9 heteroatoms. The Morgan fingerprint density at radius 3 is 2.62 bits per heavy atom. The van der Waals surface area contributed by atoms with Crippen molar-refractivity contribution < 1.29 is 4.79 Å². The summed E-state index contributed by atoms with van der Waals surface area (Å²) in [4.78, 5) is 13.3. The predicted octanol–water partition coefficient (Wildman–Crippen LogP) is 3.37. The lowest BCUT2D eigenvalue weighted by Gasteiger charge is -2.12. The van der Waals surface area contributed by atoms with Crippen molar-refractivity contribution >= 4 is 5.91 Å². The molecule has 1 N–H and O–H groups in total. The van der Waals surface area contributed by atoms with Gasteiger partial charge in [-0.25, -0.2) is 0 Å². The van der Waals surface area contributed by atoms with Gasteiger partial charge >= 0.3 is 0 Å². The average molecular weight is 431 g/mol. The molecule has 0 bridgehead atoms. The van der Waals surface area contributed by atoms with E-state index in [4.69, 9.17) is 0 Å². The highest BCUT2D eigenvalue weighted by Crippen LogP contribution is 2.23. The molecule has 0 spiro atoms. The topological polar surface area (TPSA) is 115 Å². The van der Waals surface area contributed by atoms with Gasteiger partial charge in [-0.3, -0.25) is 4.79 Å². The maximum atomic E-state index is 13.3. The van der Waals surface area contributed by atoms with Crippen molar-refractivity contribution in [3.8, 4) is 0 Å². The first-order chi connectivity index (χ1) is 15.8. The van der Waals surface area contributed by atoms with E-state index in [2.05, 4.69) is 55.2 Å². The van der Waals surface area contributed by atoms with Crippen molar-refractivity contribution in [2.24, 2.45) is 0 Å². The normalized spacial score (nSPS) is 12.0. The van der Waals surface area contributed by atoms with Gasteiger partial charge in [-0.1, -0.05) is 67.1 Å². The summed E-state index contributed by atoms with van der Waals surface area (Å²) in [6, 6.07) is 17.7. The molecule has 9 nitrogen and oxygen atoms in total. The van der Waals surface area contributed by atoms with E-state index in [1.807, 2.05) is 42.5 Å². The third-order valence-corrected chi connectivity index (χ3v) is 5.53. The monoisotopic (exact) mass is 430 g/mol. The van der Waals surface area contributed by atoms with Crippen LogP contribution in [0.3, 0.4) is 0 Å². The van der Waals surface area contributed by atoms with Gasteiger partial charge in [0, 0.05) is 17.9 Å². The van der Waals surface area contributed by atoms with Crippen LogP contribution in [-0.4, -0.2) is 46.7 Å². The third kappa shape index (κ3) is 5.11. The second-order valence-corrected chi connectivity index (χ2v) is 7.78. The van der Waals surface area contributed by atoms with Crippen LogP contribution in [0.2, 0.25) is 0 Å². The second kappa shape index (κ2) is 10.5. The molecule has 32 heavy (non-hydrogen) atoms. The molecule has 1 atom stereocenters. The highest BCUT2D eigenvalue weighted by Gasteiger charge is 2.20. The summed E-state index contributed by atoms with van der Waals surface area (Å²) in [5.74, 6) is 1.32. The smallest absolute Gasteiger partial charge is 0.267 e. The number of hydrogen-bond acceptors (Lipinski definition) is 7. The van der Waals surface area contributed by atoms with Gasteiger partial charge < -0.3 is 0 Å². The first-order valence-electron chi connectivity index (χ1n) is 10.9. The number of rotatable bonds is 10. The van der Waals surface area contributed by atoms with E-state index < -0.39 is 0 Å². The fraction of sp³-hybridized carbons (Fsp3) is 0.348. The number of benzene rings is 2. The second-order valence-electron chi connectivity index (χ2n) is 7.78. The van der Waals surface area contributed by atoms with Crippen molar-refractivity contribution in [1.29, 1.82) is 0 Å². The Labute approximate surface area is 186 Å². The van der Waals surface area contributed by atoms with Crippen LogP contribution in [0.15, 0.2) is 54.6 Å². The summed E-state index contributed by atoms with van der Waals surface area (Å²) in [5, 5.41) is 26.3. The van der Waals surface area contributed by atoms with E-state index >= 15 is 0 Å². The lowest BCUT2D eigenvalue weighted by molar-refractivity contribution is 0.0938. The molecule has 0 saturated heterocycles. The minimum Gasteiger partial charge on any atom is -0.267 e.